The van der Waals surface area contributed by atoms with E-state index < -0.39 is 6.10 Å². The first kappa shape index (κ1) is 23.9. The van der Waals surface area contributed by atoms with Gasteiger partial charge in [-0.25, -0.2) is 9.97 Å². The van der Waals surface area contributed by atoms with Crippen molar-refractivity contribution in [3.8, 4) is 17.1 Å². The summed E-state index contributed by atoms with van der Waals surface area (Å²) >= 11 is 0. The third kappa shape index (κ3) is 6.83. The van der Waals surface area contributed by atoms with Crippen LogP contribution in [0.3, 0.4) is 0 Å². The summed E-state index contributed by atoms with van der Waals surface area (Å²) in [5.74, 6) is 2.52. The summed E-state index contributed by atoms with van der Waals surface area (Å²) in [5.41, 5.74) is 7.85. The summed E-state index contributed by atoms with van der Waals surface area (Å²) in [4.78, 5) is 11.4. The van der Waals surface area contributed by atoms with Crippen molar-refractivity contribution < 1.29 is 14.6 Å². The average Bonchev–Trinajstić information content (AvgIpc) is 2.76. The molecule has 0 spiro atoms. The fourth-order valence-electron chi connectivity index (χ4n) is 2.95. The van der Waals surface area contributed by atoms with E-state index in [-0.39, 0.29) is 6.61 Å². The molecule has 1 aromatic heterocycles. The first-order valence-electron chi connectivity index (χ1n) is 10.5. The minimum Gasteiger partial charge on any atom is -0.491 e. The molecule has 1 saturated heterocycles. The number of likely N-dealkylation sites (N-methyl/N-ethyl adjacent to an activating group) is 1. The largest absolute Gasteiger partial charge is 0.491 e. The Balaban J connectivity index is 0.00000101. The normalized spacial score (nSPS) is 14.6. The molecule has 0 aliphatic carbocycles. The highest BCUT2D eigenvalue weighted by molar-refractivity contribution is 5.66. The number of nitrogen functional groups attached to an aromatic ring is 1. The first-order valence-corrected chi connectivity index (χ1v) is 10.5. The van der Waals surface area contributed by atoms with Crippen LogP contribution < -0.4 is 20.7 Å². The number of ether oxygens (including phenoxy) is 2. The lowest BCUT2D eigenvalue weighted by Gasteiger charge is -2.29. The van der Waals surface area contributed by atoms with E-state index in [1.165, 1.54) is 6.42 Å². The molecule has 8 heteroatoms. The maximum absolute atomic E-state index is 9.80. The number of nitrogens with two attached hydrogens (primary N) is 1. The van der Waals surface area contributed by atoms with E-state index in [4.69, 9.17) is 20.2 Å². The van der Waals surface area contributed by atoms with Gasteiger partial charge in [0.2, 0.25) is 0 Å². The zero-order valence-electron chi connectivity index (χ0n) is 18.5. The standard InChI is InChI=1S/C19H27N5O3.C3H8/c1-13-17(20)22-18(23-19(13)24-6-8-26-9-7-24)14-4-3-5-16(10-14)27-12-15(25)11-21-2;1-3-2/h3-5,10,15,21,25H,6-9,11-12H2,1-2H3,(H2,20,22,23);3H2,1-2H3. The van der Waals surface area contributed by atoms with Crippen molar-refractivity contribution in [3.05, 3.63) is 29.8 Å². The van der Waals surface area contributed by atoms with Crippen LogP contribution in [-0.4, -0.2) is 67.7 Å². The lowest BCUT2D eigenvalue weighted by atomic mass is 10.2. The van der Waals surface area contributed by atoms with Crippen LogP contribution in [0.5, 0.6) is 5.75 Å². The zero-order chi connectivity index (χ0) is 21.9. The number of nitrogens with one attached hydrogen (secondary N) is 1. The van der Waals surface area contributed by atoms with Gasteiger partial charge >= 0.3 is 0 Å². The van der Waals surface area contributed by atoms with Crippen LogP contribution in [0.25, 0.3) is 11.4 Å². The summed E-state index contributed by atoms with van der Waals surface area (Å²) < 4.78 is 11.1. The monoisotopic (exact) mass is 417 g/mol. The van der Waals surface area contributed by atoms with Gasteiger partial charge < -0.3 is 30.5 Å². The Morgan fingerprint density at radius 3 is 2.63 bits per heavy atom. The minimum atomic E-state index is -0.571. The third-order valence-electron chi connectivity index (χ3n) is 4.44. The molecule has 0 radical (unpaired) electrons. The second kappa shape index (κ2) is 12.3. The molecule has 1 aromatic carbocycles. The highest BCUT2D eigenvalue weighted by Gasteiger charge is 2.19. The molecule has 1 atom stereocenters. The fraction of sp³-hybridized carbons (Fsp3) is 0.545. The fourth-order valence-corrected chi connectivity index (χ4v) is 2.95. The lowest BCUT2D eigenvalue weighted by molar-refractivity contribution is 0.108. The molecule has 0 saturated carbocycles. The summed E-state index contributed by atoms with van der Waals surface area (Å²) in [6.45, 7) is 9.79. The Kier molecular flexibility index (Phi) is 9.79. The summed E-state index contributed by atoms with van der Waals surface area (Å²) in [6.07, 6.45) is 0.679. The van der Waals surface area contributed by atoms with Crippen molar-refractivity contribution in [2.75, 3.05) is 57.1 Å². The Labute approximate surface area is 179 Å². The molecule has 0 amide bonds. The van der Waals surface area contributed by atoms with Crippen LogP contribution in [0.1, 0.15) is 25.8 Å². The summed E-state index contributed by atoms with van der Waals surface area (Å²) in [6, 6.07) is 7.50. The number of hydrogen-bond donors (Lipinski definition) is 3. The molecular weight excluding hydrogens is 382 g/mol. The van der Waals surface area contributed by atoms with Gasteiger partial charge in [-0.2, -0.15) is 0 Å². The molecule has 1 aliphatic heterocycles. The number of aliphatic hydroxyl groups excluding tert-OH is 1. The smallest absolute Gasteiger partial charge is 0.164 e. The topological polar surface area (TPSA) is 106 Å². The van der Waals surface area contributed by atoms with Gasteiger partial charge in [0.25, 0.3) is 0 Å². The van der Waals surface area contributed by atoms with Gasteiger partial charge in [0.1, 0.15) is 30.1 Å². The van der Waals surface area contributed by atoms with E-state index in [1.54, 1.807) is 7.05 Å². The Bertz CT molecular complexity index is 781. The zero-order valence-corrected chi connectivity index (χ0v) is 18.5. The Morgan fingerprint density at radius 2 is 1.97 bits per heavy atom. The molecule has 1 unspecified atom stereocenters. The van der Waals surface area contributed by atoms with Crippen molar-refractivity contribution in [2.45, 2.75) is 33.3 Å². The van der Waals surface area contributed by atoms with Gasteiger partial charge in [-0.05, 0) is 26.1 Å². The number of morpholine rings is 1. The van der Waals surface area contributed by atoms with Crippen molar-refractivity contribution >= 4 is 11.6 Å². The number of hydrogen-bond acceptors (Lipinski definition) is 8. The highest BCUT2D eigenvalue weighted by Crippen LogP contribution is 2.28. The second-order valence-electron chi connectivity index (χ2n) is 7.24. The lowest BCUT2D eigenvalue weighted by Crippen LogP contribution is -2.37. The van der Waals surface area contributed by atoms with Crippen molar-refractivity contribution in [2.24, 2.45) is 0 Å². The van der Waals surface area contributed by atoms with E-state index in [0.29, 0.717) is 37.2 Å². The molecule has 2 aromatic rings. The van der Waals surface area contributed by atoms with E-state index in [0.717, 1.165) is 30.0 Å². The van der Waals surface area contributed by atoms with Crippen molar-refractivity contribution in [1.29, 1.82) is 0 Å². The van der Waals surface area contributed by atoms with Gasteiger partial charge in [-0.1, -0.05) is 32.4 Å². The quantitative estimate of drug-likeness (QED) is 0.630. The first-order chi connectivity index (χ1) is 14.5. The molecule has 2 heterocycles. The van der Waals surface area contributed by atoms with E-state index in [1.807, 2.05) is 31.2 Å². The van der Waals surface area contributed by atoms with Gasteiger partial charge in [0.05, 0.1) is 13.2 Å². The van der Waals surface area contributed by atoms with Crippen LogP contribution in [0.15, 0.2) is 24.3 Å². The molecule has 30 heavy (non-hydrogen) atoms. The number of benzene rings is 1. The molecule has 8 nitrogen and oxygen atoms in total. The van der Waals surface area contributed by atoms with Crippen LogP contribution in [0.2, 0.25) is 0 Å². The van der Waals surface area contributed by atoms with Gasteiger partial charge in [0.15, 0.2) is 5.82 Å². The van der Waals surface area contributed by atoms with Gasteiger partial charge in [-0.3, -0.25) is 0 Å². The maximum Gasteiger partial charge on any atom is 0.164 e. The number of aromatic nitrogens is 2. The van der Waals surface area contributed by atoms with Crippen LogP contribution in [0, 0.1) is 6.92 Å². The molecule has 3 rings (SSSR count). The van der Waals surface area contributed by atoms with E-state index >= 15 is 0 Å². The third-order valence-corrected chi connectivity index (χ3v) is 4.44. The van der Waals surface area contributed by atoms with Gasteiger partial charge in [0, 0.05) is 30.8 Å². The second-order valence-corrected chi connectivity index (χ2v) is 7.24. The Hall–Kier alpha value is -2.42. The number of anilines is 2. The van der Waals surface area contributed by atoms with E-state index in [2.05, 4.69) is 29.0 Å². The van der Waals surface area contributed by atoms with Gasteiger partial charge in [-0.15, -0.1) is 0 Å². The average molecular weight is 418 g/mol. The predicted octanol–water partition coefficient (Wildman–Crippen LogP) is 2.25. The van der Waals surface area contributed by atoms with Crippen molar-refractivity contribution in [3.63, 3.8) is 0 Å². The number of nitrogens with zero attached hydrogens (tertiary/aromatic N) is 3. The molecule has 0 bridgehead atoms. The number of aliphatic hydroxyl groups is 1. The van der Waals surface area contributed by atoms with Crippen LogP contribution in [-0.2, 0) is 4.74 Å². The predicted molar refractivity (Wildman–Crippen MR) is 121 cm³/mol. The van der Waals surface area contributed by atoms with Crippen molar-refractivity contribution in [1.82, 2.24) is 15.3 Å². The Morgan fingerprint density at radius 1 is 1.27 bits per heavy atom. The highest BCUT2D eigenvalue weighted by atomic mass is 16.5. The summed E-state index contributed by atoms with van der Waals surface area (Å²) in [7, 11) is 1.79. The molecular formula is C22H35N5O3. The van der Waals surface area contributed by atoms with Crippen LogP contribution in [0.4, 0.5) is 11.6 Å². The minimum absolute atomic E-state index is 0.209. The summed E-state index contributed by atoms with van der Waals surface area (Å²) in [5, 5.41) is 12.7. The molecule has 1 fully saturated rings. The van der Waals surface area contributed by atoms with Crippen LogP contribution >= 0.6 is 0 Å². The molecule has 1 aliphatic rings. The van der Waals surface area contributed by atoms with E-state index in [9.17, 15) is 5.11 Å². The molecule has 4 N–H and O–H groups in total. The molecule has 166 valence electrons. The maximum atomic E-state index is 9.80. The SMILES string of the molecule is CCC.CNCC(O)COc1cccc(-c2nc(N)c(C)c(N3CCOCC3)n2)c1. The number of rotatable bonds is 7.